The normalized spacial score (nSPS) is 12.0. The Labute approximate surface area is 309 Å². The first-order valence-corrected chi connectivity index (χ1v) is 20.6. The topological polar surface area (TPSA) is 18.5 Å². The highest BCUT2D eigenvalue weighted by Gasteiger charge is 2.16. The van der Waals surface area contributed by atoms with E-state index in [1.165, 1.54) is 96.2 Å². The molecule has 4 heteroatoms. The SMILES string of the molecule is CCCCCCCCOc1cc(C=C(c2ccccc2)c2cccs2)c(OCCCCCCCC)cc1C=C(c1ccccc1)c1cccs1. The minimum absolute atomic E-state index is 0.699. The van der Waals surface area contributed by atoms with Crippen LogP contribution in [0.2, 0.25) is 0 Å². The minimum atomic E-state index is 0.699. The molecule has 0 aliphatic heterocycles. The Bertz CT molecular complexity index is 1570. The maximum atomic E-state index is 6.73. The molecule has 5 aromatic rings. The number of rotatable bonds is 22. The third-order valence-corrected chi connectivity index (χ3v) is 10.8. The maximum Gasteiger partial charge on any atom is 0.127 e. The van der Waals surface area contributed by atoms with Crippen molar-refractivity contribution in [3.63, 3.8) is 0 Å². The van der Waals surface area contributed by atoms with Gasteiger partial charge in [0.25, 0.3) is 0 Å². The van der Waals surface area contributed by atoms with Crippen LogP contribution in [0.4, 0.5) is 0 Å². The monoisotopic (exact) mass is 702 g/mol. The van der Waals surface area contributed by atoms with Crippen molar-refractivity contribution in [1.29, 1.82) is 0 Å². The summed E-state index contributed by atoms with van der Waals surface area (Å²) < 4.78 is 13.5. The number of ether oxygens (including phenoxy) is 2. The van der Waals surface area contributed by atoms with Crippen molar-refractivity contribution < 1.29 is 9.47 Å². The number of thiophene rings is 2. The van der Waals surface area contributed by atoms with Crippen molar-refractivity contribution in [3.05, 3.63) is 140 Å². The van der Waals surface area contributed by atoms with Gasteiger partial charge in [-0.1, -0.05) is 151 Å². The van der Waals surface area contributed by atoms with Crippen molar-refractivity contribution >= 4 is 46.0 Å². The molecule has 0 saturated heterocycles. The average Bonchev–Trinajstić information content (AvgIpc) is 3.90. The zero-order valence-corrected chi connectivity index (χ0v) is 31.7. The molecule has 0 unspecified atom stereocenters. The van der Waals surface area contributed by atoms with Crippen LogP contribution in [-0.4, -0.2) is 13.2 Å². The predicted octanol–water partition coefficient (Wildman–Crippen LogP) is 14.5. The Hall–Kier alpha value is -3.86. The van der Waals surface area contributed by atoms with E-state index in [9.17, 15) is 0 Å². The van der Waals surface area contributed by atoms with Gasteiger partial charge in [-0.05, 0) is 82.3 Å². The van der Waals surface area contributed by atoms with E-state index in [0.29, 0.717) is 13.2 Å². The molecule has 2 aromatic heterocycles. The number of unbranched alkanes of at least 4 members (excludes halogenated alkanes) is 10. The first kappa shape index (κ1) is 37.4. The molecule has 0 radical (unpaired) electrons. The molecular formula is C46H54O2S2. The van der Waals surface area contributed by atoms with Crippen LogP contribution in [0.5, 0.6) is 11.5 Å². The van der Waals surface area contributed by atoms with Crippen LogP contribution in [0, 0.1) is 0 Å². The van der Waals surface area contributed by atoms with Gasteiger partial charge in [-0.2, -0.15) is 0 Å². The molecule has 0 spiro atoms. The molecule has 0 saturated carbocycles. The van der Waals surface area contributed by atoms with Crippen LogP contribution >= 0.6 is 22.7 Å². The van der Waals surface area contributed by atoms with Gasteiger partial charge < -0.3 is 9.47 Å². The fourth-order valence-electron chi connectivity index (χ4n) is 6.20. The van der Waals surface area contributed by atoms with Crippen LogP contribution < -0.4 is 9.47 Å². The zero-order valence-electron chi connectivity index (χ0n) is 30.1. The van der Waals surface area contributed by atoms with Crippen LogP contribution in [0.3, 0.4) is 0 Å². The molecule has 3 aromatic carbocycles. The summed E-state index contributed by atoms with van der Waals surface area (Å²) in [5.41, 5.74) is 6.88. The third kappa shape index (κ3) is 11.6. The van der Waals surface area contributed by atoms with Crippen molar-refractivity contribution in [2.24, 2.45) is 0 Å². The van der Waals surface area contributed by atoms with Crippen molar-refractivity contribution in [1.82, 2.24) is 0 Å². The average molecular weight is 703 g/mol. The quantitative estimate of drug-likeness (QED) is 0.0528. The zero-order chi connectivity index (χ0) is 34.6. The lowest BCUT2D eigenvalue weighted by atomic mass is 9.97. The van der Waals surface area contributed by atoms with Crippen LogP contribution in [0.25, 0.3) is 23.3 Å². The van der Waals surface area contributed by atoms with Crippen LogP contribution in [-0.2, 0) is 0 Å². The first-order chi connectivity index (χ1) is 24.8. The number of hydrogen-bond acceptors (Lipinski definition) is 4. The van der Waals surface area contributed by atoms with Crippen LogP contribution in [0.15, 0.2) is 108 Å². The molecule has 0 aliphatic carbocycles. The Kier molecular flexibility index (Phi) is 16.0. The fourth-order valence-corrected chi connectivity index (χ4v) is 7.73. The molecule has 0 atom stereocenters. The third-order valence-electron chi connectivity index (χ3n) is 9.00. The van der Waals surface area contributed by atoms with E-state index in [4.69, 9.17) is 9.47 Å². The van der Waals surface area contributed by atoms with E-state index in [1.807, 2.05) is 0 Å². The Balaban J connectivity index is 1.57. The lowest BCUT2D eigenvalue weighted by Crippen LogP contribution is -2.03. The van der Waals surface area contributed by atoms with Gasteiger partial charge in [0.15, 0.2) is 0 Å². The Morgan fingerprint density at radius 3 is 1.26 bits per heavy atom. The summed E-state index contributed by atoms with van der Waals surface area (Å²) in [5, 5.41) is 4.31. The molecule has 2 nitrogen and oxygen atoms in total. The van der Waals surface area contributed by atoms with Crippen LogP contribution in [0.1, 0.15) is 123 Å². The highest BCUT2D eigenvalue weighted by Crippen LogP contribution is 2.39. The van der Waals surface area contributed by atoms with E-state index in [-0.39, 0.29) is 0 Å². The Morgan fingerprint density at radius 1 is 0.480 bits per heavy atom. The summed E-state index contributed by atoms with van der Waals surface area (Å²) in [7, 11) is 0. The summed E-state index contributed by atoms with van der Waals surface area (Å²) in [5.74, 6) is 1.81. The highest BCUT2D eigenvalue weighted by molar-refractivity contribution is 7.11. The maximum absolute atomic E-state index is 6.73. The lowest BCUT2D eigenvalue weighted by molar-refractivity contribution is 0.295. The summed E-state index contributed by atoms with van der Waals surface area (Å²) >= 11 is 3.54. The largest absolute Gasteiger partial charge is 0.493 e. The molecule has 0 N–H and O–H groups in total. The van der Waals surface area contributed by atoms with E-state index < -0.39 is 0 Å². The number of hydrogen-bond donors (Lipinski definition) is 0. The predicted molar refractivity (Wildman–Crippen MR) is 220 cm³/mol. The molecule has 0 fully saturated rings. The summed E-state index contributed by atoms with van der Waals surface area (Å²) in [6.45, 7) is 5.94. The van der Waals surface area contributed by atoms with Gasteiger partial charge in [0.05, 0.1) is 13.2 Å². The highest BCUT2D eigenvalue weighted by atomic mass is 32.1. The summed E-state index contributed by atoms with van der Waals surface area (Å²) in [6.07, 6.45) is 19.4. The molecule has 262 valence electrons. The smallest absolute Gasteiger partial charge is 0.127 e. The Morgan fingerprint density at radius 2 is 0.880 bits per heavy atom. The van der Waals surface area contributed by atoms with E-state index >= 15 is 0 Å². The molecule has 50 heavy (non-hydrogen) atoms. The molecule has 0 aliphatic rings. The van der Waals surface area contributed by atoms with E-state index in [0.717, 1.165) is 35.5 Å². The minimum Gasteiger partial charge on any atom is -0.493 e. The second kappa shape index (κ2) is 21.4. The van der Waals surface area contributed by atoms with Crippen molar-refractivity contribution in [3.8, 4) is 11.5 Å². The summed E-state index contributed by atoms with van der Waals surface area (Å²) in [6, 6.07) is 34.6. The van der Waals surface area contributed by atoms with Gasteiger partial charge in [-0.15, -0.1) is 22.7 Å². The molecular weight excluding hydrogens is 649 g/mol. The lowest BCUT2D eigenvalue weighted by Gasteiger charge is -2.17. The van der Waals surface area contributed by atoms with Gasteiger partial charge >= 0.3 is 0 Å². The second-order valence-corrected chi connectivity index (χ2v) is 14.9. The fraction of sp³-hybridized carbons (Fsp3) is 0.348. The van der Waals surface area contributed by atoms with Gasteiger partial charge in [0.1, 0.15) is 11.5 Å². The molecule has 0 bridgehead atoms. The van der Waals surface area contributed by atoms with Crippen molar-refractivity contribution in [2.45, 2.75) is 90.9 Å². The number of benzene rings is 3. The van der Waals surface area contributed by atoms with Gasteiger partial charge in [-0.25, -0.2) is 0 Å². The van der Waals surface area contributed by atoms with Gasteiger partial charge in [-0.3, -0.25) is 0 Å². The standard InChI is InChI=1S/C46H54O2S2/c1-3-5-7-9-11-19-29-47-43-35-40(34-42(46-28-22-32-50-46)38-25-17-14-18-26-38)44(48-30-20-12-10-8-6-4-2)36-39(43)33-41(45-27-21-31-49-45)37-23-15-13-16-24-37/h13-18,21-28,31-36H,3-12,19-20,29-30H2,1-2H3. The van der Waals surface area contributed by atoms with Gasteiger partial charge in [0.2, 0.25) is 0 Å². The van der Waals surface area contributed by atoms with E-state index in [1.54, 1.807) is 22.7 Å². The van der Waals surface area contributed by atoms with Crippen molar-refractivity contribution in [2.75, 3.05) is 13.2 Å². The second-order valence-electron chi connectivity index (χ2n) is 13.0. The molecule has 0 amide bonds. The molecule has 2 heterocycles. The first-order valence-electron chi connectivity index (χ1n) is 18.8. The molecule has 5 rings (SSSR count). The van der Waals surface area contributed by atoms with E-state index in [2.05, 4.69) is 134 Å². The van der Waals surface area contributed by atoms with Gasteiger partial charge in [0, 0.05) is 20.9 Å². The summed E-state index contributed by atoms with van der Waals surface area (Å²) in [4.78, 5) is 2.47.